The quantitative estimate of drug-likeness (QED) is 0.618. The van der Waals surface area contributed by atoms with Gasteiger partial charge in [-0.25, -0.2) is 8.42 Å². The molecule has 1 rings (SSSR count). The van der Waals surface area contributed by atoms with E-state index in [1.165, 1.54) is 4.90 Å². The number of carboxylic acid groups (broad SMARTS) is 1. The zero-order chi connectivity index (χ0) is 15.2. The molecule has 7 nitrogen and oxygen atoms in total. The van der Waals surface area contributed by atoms with Crippen LogP contribution in [-0.4, -0.2) is 60.9 Å². The summed E-state index contributed by atoms with van der Waals surface area (Å²) in [6.07, 6.45) is 2.38. The van der Waals surface area contributed by atoms with Crippen LogP contribution in [0.25, 0.3) is 0 Å². The first-order valence-corrected chi connectivity index (χ1v) is 8.59. The summed E-state index contributed by atoms with van der Waals surface area (Å²) in [5.74, 6) is -1.60. The summed E-state index contributed by atoms with van der Waals surface area (Å²) in [5, 5.41) is 8.83. The second-order valence-electron chi connectivity index (χ2n) is 5.05. The number of nitrogens with two attached hydrogens (primary N) is 1. The van der Waals surface area contributed by atoms with E-state index in [4.69, 9.17) is 10.8 Å². The predicted octanol–water partition coefficient (Wildman–Crippen LogP) is -0.394. The van der Waals surface area contributed by atoms with Gasteiger partial charge < -0.3 is 15.7 Å². The van der Waals surface area contributed by atoms with Crippen molar-refractivity contribution in [1.29, 1.82) is 0 Å². The normalized spacial score (nSPS) is 21.6. The summed E-state index contributed by atoms with van der Waals surface area (Å²) in [6, 6.07) is -0.742. The molecule has 0 aromatic rings. The lowest BCUT2D eigenvalue weighted by molar-refractivity contribution is -0.140. The maximum absolute atomic E-state index is 12.1. The molecule has 1 atom stereocenters. The molecule has 0 aliphatic carbocycles. The van der Waals surface area contributed by atoms with E-state index in [1.54, 1.807) is 0 Å². The highest BCUT2D eigenvalue weighted by atomic mass is 32.2. The summed E-state index contributed by atoms with van der Waals surface area (Å²) < 4.78 is 23.1. The third-order valence-corrected chi connectivity index (χ3v) is 5.05. The Balaban J connectivity index is 2.60. The van der Waals surface area contributed by atoms with E-state index in [0.29, 0.717) is 19.4 Å². The van der Waals surface area contributed by atoms with Gasteiger partial charge in [-0.15, -0.1) is 0 Å². The molecule has 1 amide bonds. The van der Waals surface area contributed by atoms with Crippen LogP contribution in [0, 0.1) is 0 Å². The number of hydrogen-bond donors (Lipinski definition) is 2. The van der Waals surface area contributed by atoms with Gasteiger partial charge in [0.2, 0.25) is 5.91 Å². The molecule has 0 spiro atoms. The van der Waals surface area contributed by atoms with E-state index in [0.717, 1.165) is 12.8 Å². The lowest BCUT2D eigenvalue weighted by Crippen LogP contribution is -2.51. The standard InChI is InChI=1S/C12H22N2O5S/c13-5-3-1-2-4-11(15)14-6-7-20(18,19)9-10(14)8-12(16)17/h10H,1-9,13H2,(H,16,17). The molecule has 1 saturated heterocycles. The van der Waals surface area contributed by atoms with E-state index in [2.05, 4.69) is 0 Å². The minimum atomic E-state index is -3.25. The molecule has 1 aliphatic rings. The molecule has 1 aliphatic heterocycles. The van der Waals surface area contributed by atoms with Crippen molar-refractivity contribution in [2.45, 2.75) is 38.1 Å². The average Bonchev–Trinajstić information content (AvgIpc) is 2.32. The van der Waals surface area contributed by atoms with Gasteiger partial charge in [-0.3, -0.25) is 9.59 Å². The number of aliphatic carboxylic acids is 1. The molecule has 1 fully saturated rings. The maximum Gasteiger partial charge on any atom is 0.305 e. The van der Waals surface area contributed by atoms with Crippen LogP contribution >= 0.6 is 0 Å². The second kappa shape index (κ2) is 7.58. The predicted molar refractivity (Wildman–Crippen MR) is 73.9 cm³/mol. The van der Waals surface area contributed by atoms with E-state index in [9.17, 15) is 18.0 Å². The zero-order valence-corrected chi connectivity index (χ0v) is 12.3. The smallest absolute Gasteiger partial charge is 0.305 e. The van der Waals surface area contributed by atoms with Gasteiger partial charge in [-0.1, -0.05) is 6.42 Å². The number of sulfone groups is 1. The third kappa shape index (κ3) is 5.46. The number of rotatable bonds is 7. The summed E-state index contributed by atoms with van der Waals surface area (Å²) in [5.41, 5.74) is 5.37. The molecular formula is C12H22N2O5S. The highest BCUT2D eigenvalue weighted by Crippen LogP contribution is 2.17. The van der Waals surface area contributed by atoms with Gasteiger partial charge in [0.15, 0.2) is 9.84 Å². The Labute approximate surface area is 119 Å². The molecule has 0 radical (unpaired) electrons. The van der Waals surface area contributed by atoms with Crippen LogP contribution in [0.15, 0.2) is 0 Å². The number of carbonyl (C=O) groups excluding carboxylic acids is 1. The van der Waals surface area contributed by atoms with Crippen LogP contribution in [0.5, 0.6) is 0 Å². The number of carbonyl (C=O) groups is 2. The minimum Gasteiger partial charge on any atom is -0.481 e. The molecule has 8 heteroatoms. The fourth-order valence-corrected chi connectivity index (χ4v) is 3.85. The van der Waals surface area contributed by atoms with Crippen molar-refractivity contribution in [3.8, 4) is 0 Å². The summed E-state index contributed by atoms with van der Waals surface area (Å²) in [7, 11) is -3.25. The first-order chi connectivity index (χ1) is 9.35. The lowest BCUT2D eigenvalue weighted by atomic mass is 10.1. The van der Waals surface area contributed by atoms with Crippen LogP contribution in [0.1, 0.15) is 32.1 Å². The molecule has 0 bridgehead atoms. The Kier molecular flexibility index (Phi) is 6.41. The Morgan fingerprint density at radius 1 is 1.25 bits per heavy atom. The Morgan fingerprint density at radius 2 is 1.95 bits per heavy atom. The van der Waals surface area contributed by atoms with Crippen LogP contribution in [0.2, 0.25) is 0 Å². The topological polar surface area (TPSA) is 118 Å². The van der Waals surface area contributed by atoms with E-state index in [1.807, 2.05) is 0 Å². The van der Waals surface area contributed by atoms with Crippen molar-refractivity contribution >= 4 is 21.7 Å². The highest BCUT2D eigenvalue weighted by Gasteiger charge is 2.34. The third-order valence-electron chi connectivity index (χ3n) is 3.36. The molecule has 0 aromatic carbocycles. The number of hydrogen-bond acceptors (Lipinski definition) is 5. The molecule has 116 valence electrons. The Hall–Kier alpha value is -1.15. The molecule has 0 aromatic heterocycles. The minimum absolute atomic E-state index is 0.0857. The van der Waals surface area contributed by atoms with Crippen molar-refractivity contribution in [2.75, 3.05) is 24.6 Å². The fraction of sp³-hybridized carbons (Fsp3) is 0.833. The van der Waals surface area contributed by atoms with E-state index in [-0.39, 0.29) is 30.4 Å². The van der Waals surface area contributed by atoms with Gasteiger partial charge >= 0.3 is 5.97 Å². The summed E-state index contributed by atoms with van der Waals surface area (Å²) in [4.78, 5) is 24.3. The van der Waals surface area contributed by atoms with Crippen molar-refractivity contribution in [2.24, 2.45) is 5.73 Å². The summed E-state index contributed by atoms with van der Waals surface area (Å²) >= 11 is 0. The number of amides is 1. The van der Waals surface area contributed by atoms with Crippen LogP contribution in [0.3, 0.4) is 0 Å². The molecule has 1 heterocycles. The Morgan fingerprint density at radius 3 is 2.55 bits per heavy atom. The number of nitrogens with zero attached hydrogens (tertiary/aromatic N) is 1. The van der Waals surface area contributed by atoms with E-state index >= 15 is 0 Å². The van der Waals surface area contributed by atoms with Crippen molar-refractivity contribution in [1.82, 2.24) is 4.90 Å². The first-order valence-electron chi connectivity index (χ1n) is 6.77. The molecule has 20 heavy (non-hydrogen) atoms. The van der Waals surface area contributed by atoms with Gasteiger partial charge in [-0.2, -0.15) is 0 Å². The lowest BCUT2D eigenvalue weighted by Gasteiger charge is -2.34. The monoisotopic (exact) mass is 306 g/mol. The van der Waals surface area contributed by atoms with Gasteiger partial charge in [0, 0.05) is 13.0 Å². The fourth-order valence-electron chi connectivity index (χ4n) is 2.33. The van der Waals surface area contributed by atoms with Crippen LogP contribution < -0.4 is 5.73 Å². The molecule has 0 saturated carbocycles. The van der Waals surface area contributed by atoms with Gasteiger partial charge in [-0.05, 0) is 19.4 Å². The first kappa shape index (κ1) is 16.9. The number of unbranched alkanes of at least 4 members (excludes halogenated alkanes) is 2. The van der Waals surface area contributed by atoms with Crippen molar-refractivity contribution < 1.29 is 23.1 Å². The van der Waals surface area contributed by atoms with Gasteiger partial charge in [0.05, 0.1) is 24.0 Å². The molecule has 3 N–H and O–H groups in total. The Bertz CT molecular complexity index is 449. The molecule has 1 unspecified atom stereocenters. The van der Waals surface area contributed by atoms with E-state index < -0.39 is 21.8 Å². The number of carboxylic acids is 1. The second-order valence-corrected chi connectivity index (χ2v) is 7.28. The zero-order valence-electron chi connectivity index (χ0n) is 11.5. The summed E-state index contributed by atoms with van der Waals surface area (Å²) in [6.45, 7) is 0.674. The molecular weight excluding hydrogens is 284 g/mol. The average molecular weight is 306 g/mol. The largest absolute Gasteiger partial charge is 0.481 e. The van der Waals surface area contributed by atoms with Crippen molar-refractivity contribution in [3.63, 3.8) is 0 Å². The van der Waals surface area contributed by atoms with Crippen LogP contribution in [-0.2, 0) is 19.4 Å². The maximum atomic E-state index is 12.1. The van der Waals surface area contributed by atoms with Crippen LogP contribution in [0.4, 0.5) is 0 Å². The SMILES string of the molecule is NCCCCCC(=O)N1CCS(=O)(=O)CC1CC(=O)O. The highest BCUT2D eigenvalue weighted by molar-refractivity contribution is 7.91. The van der Waals surface area contributed by atoms with Crippen molar-refractivity contribution in [3.05, 3.63) is 0 Å². The van der Waals surface area contributed by atoms with Gasteiger partial charge in [0.25, 0.3) is 0 Å². The van der Waals surface area contributed by atoms with Gasteiger partial charge in [0.1, 0.15) is 0 Å².